The number of rotatable bonds is 5. The molecular weight excluding hydrogens is 391 g/mol. The van der Waals surface area contributed by atoms with E-state index in [1.54, 1.807) is 37.3 Å². The predicted molar refractivity (Wildman–Crippen MR) is 101 cm³/mol. The van der Waals surface area contributed by atoms with E-state index in [4.69, 9.17) is 27.9 Å². The Kier molecular flexibility index (Phi) is 5.73. The van der Waals surface area contributed by atoms with Crippen LogP contribution in [0.5, 0.6) is 0 Å². The first kappa shape index (κ1) is 18.9. The lowest BCUT2D eigenvalue weighted by Gasteiger charge is -2.08. The molecule has 3 rings (SSSR count). The van der Waals surface area contributed by atoms with Crippen molar-refractivity contribution in [2.75, 3.05) is 11.9 Å². The normalized spacial score (nSPS) is 10.5. The van der Waals surface area contributed by atoms with Gasteiger partial charge in [0.25, 0.3) is 5.91 Å². The number of carbonyl (C=O) groups is 2. The lowest BCUT2D eigenvalue weighted by molar-refractivity contribution is -0.119. The maximum absolute atomic E-state index is 12.2. The van der Waals surface area contributed by atoms with Crippen molar-refractivity contribution >= 4 is 40.8 Å². The van der Waals surface area contributed by atoms with Gasteiger partial charge in [0, 0.05) is 0 Å². The molecule has 2 aromatic carbocycles. The average Bonchev–Trinajstić information content (AvgIpc) is 3.06. The van der Waals surface area contributed by atoms with Crippen LogP contribution in [0.4, 0.5) is 5.69 Å². The fourth-order valence-corrected chi connectivity index (χ4v) is 2.58. The van der Waals surface area contributed by atoms with Gasteiger partial charge in [-0.05, 0) is 31.2 Å². The number of halogens is 2. The van der Waals surface area contributed by atoms with Gasteiger partial charge in [-0.2, -0.15) is 9.90 Å². The molecule has 0 bridgehead atoms. The molecule has 0 radical (unpaired) electrons. The number of amides is 1. The van der Waals surface area contributed by atoms with Crippen molar-refractivity contribution in [3.05, 3.63) is 70.0 Å². The number of aromatic nitrogens is 3. The Bertz CT molecular complexity index is 990. The Morgan fingerprint density at radius 2 is 1.81 bits per heavy atom. The highest BCUT2D eigenvalue weighted by Gasteiger charge is 2.19. The molecule has 0 spiro atoms. The quantitative estimate of drug-likeness (QED) is 0.655. The third-order valence-corrected chi connectivity index (χ3v) is 4.34. The first-order chi connectivity index (χ1) is 13.0. The summed E-state index contributed by atoms with van der Waals surface area (Å²) in [5, 5.41) is 11.4. The van der Waals surface area contributed by atoms with Crippen molar-refractivity contribution in [1.29, 1.82) is 0 Å². The summed E-state index contributed by atoms with van der Waals surface area (Å²) in [6.45, 7) is 1.13. The minimum atomic E-state index is -0.748. The number of benzene rings is 2. The molecule has 0 fully saturated rings. The standard InChI is InChI=1S/C18H14Cl2N4O3/c1-11-17(23-24(22-11)12-6-3-2-4-7-12)18(26)27-10-15(25)21-14-9-5-8-13(19)16(14)20/h2-9H,10H2,1H3,(H,21,25). The predicted octanol–water partition coefficient (Wildman–Crippen LogP) is 3.68. The number of hydrogen-bond acceptors (Lipinski definition) is 5. The lowest BCUT2D eigenvalue weighted by Crippen LogP contribution is -2.21. The topological polar surface area (TPSA) is 86.1 Å². The zero-order chi connectivity index (χ0) is 19.4. The van der Waals surface area contributed by atoms with Gasteiger partial charge in [-0.1, -0.05) is 47.5 Å². The van der Waals surface area contributed by atoms with Gasteiger partial charge in [0.15, 0.2) is 12.3 Å². The van der Waals surface area contributed by atoms with Crippen LogP contribution in [-0.2, 0) is 9.53 Å². The van der Waals surface area contributed by atoms with E-state index in [1.165, 1.54) is 4.80 Å². The largest absolute Gasteiger partial charge is 0.451 e. The van der Waals surface area contributed by atoms with Crippen molar-refractivity contribution < 1.29 is 14.3 Å². The van der Waals surface area contributed by atoms with Crippen molar-refractivity contribution in [3.63, 3.8) is 0 Å². The lowest BCUT2D eigenvalue weighted by atomic mass is 10.3. The second-order valence-electron chi connectivity index (χ2n) is 5.48. The molecular formula is C18H14Cl2N4O3. The highest BCUT2D eigenvalue weighted by Crippen LogP contribution is 2.29. The number of aryl methyl sites for hydroxylation is 1. The molecule has 0 unspecified atom stereocenters. The summed E-state index contributed by atoms with van der Waals surface area (Å²) in [6, 6.07) is 13.9. The van der Waals surface area contributed by atoms with Crippen LogP contribution in [0.15, 0.2) is 48.5 Å². The summed E-state index contributed by atoms with van der Waals surface area (Å²) < 4.78 is 5.02. The highest BCUT2D eigenvalue weighted by atomic mass is 35.5. The Hall–Kier alpha value is -2.90. The average molecular weight is 405 g/mol. The van der Waals surface area contributed by atoms with E-state index in [0.717, 1.165) is 0 Å². The zero-order valence-corrected chi connectivity index (χ0v) is 15.7. The van der Waals surface area contributed by atoms with E-state index < -0.39 is 18.5 Å². The smallest absolute Gasteiger partial charge is 0.361 e. The molecule has 7 nitrogen and oxygen atoms in total. The van der Waals surface area contributed by atoms with E-state index in [2.05, 4.69) is 15.5 Å². The number of para-hydroxylation sites is 1. The van der Waals surface area contributed by atoms with Crippen molar-refractivity contribution in [1.82, 2.24) is 15.0 Å². The molecule has 0 aliphatic rings. The number of carbonyl (C=O) groups excluding carboxylic acids is 2. The molecule has 1 aromatic heterocycles. The number of esters is 1. The van der Waals surface area contributed by atoms with Crippen LogP contribution in [0.25, 0.3) is 5.69 Å². The van der Waals surface area contributed by atoms with E-state index in [0.29, 0.717) is 22.1 Å². The second kappa shape index (κ2) is 8.20. The monoisotopic (exact) mass is 404 g/mol. The van der Waals surface area contributed by atoms with Crippen LogP contribution in [0.2, 0.25) is 10.0 Å². The number of hydrogen-bond donors (Lipinski definition) is 1. The molecule has 0 aliphatic heterocycles. The van der Waals surface area contributed by atoms with Gasteiger partial charge < -0.3 is 10.1 Å². The second-order valence-corrected chi connectivity index (χ2v) is 6.27. The van der Waals surface area contributed by atoms with E-state index in [-0.39, 0.29) is 10.7 Å². The number of anilines is 1. The molecule has 0 atom stereocenters. The molecule has 138 valence electrons. The maximum atomic E-state index is 12.2. The number of nitrogens with zero attached hydrogens (tertiary/aromatic N) is 3. The first-order valence-electron chi connectivity index (χ1n) is 7.86. The van der Waals surface area contributed by atoms with Crippen LogP contribution >= 0.6 is 23.2 Å². The Morgan fingerprint density at radius 1 is 1.07 bits per heavy atom. The summed E-state index contributed by atoms with van der Waals surface area (Å²) in [7, 11) is 0. The van der Waals surface area contributed by atoms with Gasteiger partial charge >= 0.3 is 5.97 Å². The zero-order valence-electron chi connectivity index (χ0n) is 14.1. The van der Waals surface area contributed by atoms with Gasteiger partial charge in [0.05, 0.1) is 27.1 Å². The molecule has 3 aromatic rings. The molecule has 0 saturated carbocycles. The SMILES string of the molecule is Cc1nn(-c2ccccc2)nc1C(=O)OCC(=O)Nc1cccc(Cl)c1Cl. The minimum absolute atomic E-state index is 0.0347. The third kappa shape index (κ3) is 4.45. The van der Waals surface area contributed by atoms with Gasteiger partial charge in [-0.25, -0.2) is 4.79 Å². The fourth-order valence-electron chi connectivity index (χ4n) is 2.23. The van der Waals surface area contributed by atoms with Crippen molar-refractivity contribution in [3.8, 4) is 5.69 Å². The number of ether oxygens (including phenoxy) is 1. The molecule has 1 heterocycles. The summed E-state index contributed by atoms with van der Waals surface area (Å²) in [5.41, 5.74) is 1.46. The molecule has 0 aliphatic carbocycles. The summed E-state index contributed by atoms with van der Waals surface area (Å²) >= 11 is 11.9. The van der Waals surface area contributed by atoms with Crippen LogP contribution in [0.1, 0.15) is 16.2 Å². The Labute approximate surface area is 164 Å². The van der Waals surface area contributed by atoms with Crippen molar-refractivity contribution in [2.24, 2.45) is 0 Å². The fraction of sp³-hybridized carbons (Fsp3) is 0.111. The molecule has 27 heavy (non-hydrogen) atoms. The maximum Gasteiger partial charge on any atom is 0.361 e. The van der Waals surface area contributed by atoms with Crippen LogP contribution in [0, 0.1) is 6.92 Å². The van der Waals surface area contributed by atoms with E-state index >= 15 is 0 Å². The van der Waals surface area contributed by atoms with Crippen LogP contribution in [-0.4, -0.2) is 33.5 Å². The summed E-state index contributed by atoms with van der Waals surface area (Å²) in [6.07, 6.45) is 0. The van der Waals surface area contributed by atoms with Crippen molar-refractivity contribution in [2.45, 2.75) is 6.92 Å². The van der Waals surface area contributed by atoms with Gasteiger partial charge in [-0.3, -0.25) is 4.79 Å². The molecule has 0 saturated heterocycles. The third-order valence-electron chi connectivity index (χ3n) is 3.52. The Morgan fingerprint density at radius 3 is 2.56 bits per heavy atom. The first-order valence-corrected chi connectivity index (χ1v) is 8.61. The van der Waals surface area contributed by atoms with Gasteiger partial charge in [-0.15, -0.1) is 5.10 Å². The van der Waals surface area contributed by atoms with Gasteiger partial charge in [0.1, 0.15) is 0 Å². The number of nitrogens with one attached hydrogen (secondary N) is 1. The highest BCUT2D eigenvalue weighted by molar-refractivity contribution is 6.44. The molecule has 1 amide bonds. The minimum Gasteiger partial charge on any atom is -0.451 e. The van der Waals surface area contributed by atoms with E-state index in [1.807, 2.05) is 18.2 Å². The van der Waals surface area contributed by atoms with Gasteiger partial charge in [0.2, 0.25) is 0 Å². The molecule has 1 N–H and O–H groups in total. The van der Waals surface area contributed by atoms with E-state index in [9.17, 15) is 9.59 Å². The Balaban J connectivity index is 1.63. The molecule has 9 heteroatoms. The van der Waals surface area contributed by atoms with Crippen LogP contribution < -0.4 is 5.32 Å². The summed E-state index contributed by atoms with van der Waals surface area (Å²) in [4.78, 5) is 25.5. The van der Waals surface area contributed by atoms with Crippen LogP contribution in [0.3, 0.4) is 0 Å². The summed E-state index contributed by atoms with van der Waals surface area (Å²) in [5.74, 6) is -1.30.